The molecule has 0 aliphatic heterocycles. The highest BCUT2D eigenvalue weighted by atomic mass is 79.9. The fourth-order valence-electron chi connectivity index (χ4n) is 2.40. The number of aryl methyl sites for hydroxylation is 1. The Labute approximate surface area is 150 Å². The lowest BCUT2D eigenvalue weighted by molar-refractivity contribution is 0.0697. The Morgan fingerprint density at radius 2 is 2.12 bits per heavy atom. The van der Waals surface area contributed by atoms with E-state index in [2.05, 4.69) is 20.9 Å². The second kappa shape index (κ2) is 6.70. The van der Waals surface area contributed by atoms with Crippen molar-refractivity contribution in [2.75, 3.05) is 0 Å². The number of aromatic carboxylic acids is 1. The van der Waals surface area contributed by atoms with Crippen molar-refractivity contribution >= 4 is 56.4 Å². The van der Waals surface area contributed by atoms with Gasteiger partial charge in [-0.05, 0) is 65.3 Å². The number of aromatic nitrogens is 2. The molecular formula is C17H13BrN2O3S. The molecule has 5 nitrogen and oxygen atoms in total. The Kier molecular flexibility index (Phi) is 4.64. The molecule has 0 spiro atoms. The van der Waals surface area contributed by atoms with Crippen LogP contribution >= 0.6 is 27.3 Å². The van der Waals surface area contributed by atoms with Crippen LogP contribution in [-0.4, -0.2) is 20.6 Å². The molecule has 24 heavy (non-hydrogen) atoms. The van der Waals surface area contributed by atoms with Crippen LogP contribution in [0.15, 0.2) is 38.9 Å². The van der Waals surface area contributed by atoms with Crippen LogP contribution in [0.1, 0.15) is 27.9 Å². The van der Waals surface area contributed by atoms with Gasteiger partial charge in [-0.3, -0.25) is 4.79 Å². The zero-order valence-corrected chi connectivity index (χ0v) is 15.1. The molecule has 2 aromatic heterocycles. The minimum atomic E-state index is -1.02. The second-order valence-corrected chi connectivity index (χ2v) is 7.52. The van der Waals surface area contributed by atoms with E-state index in [-0.39, 0.29) is 16.8 Å². The number of carboxylic acid groups (broad SMARTS) is 1. The number of rotatable bonds is 4. The number of hydrogen-bond acceptors (Lipinski definition) is 4. The predicted octanol–water partition coefficient (Wildman–Crippen LogP) is 4.11. The van der Waals surface area contributed by atoms with E-state index in [1.807, 2.05) is 25.1 Å². The maximum absolute atomic E-state index is 12.6. The molecule has 0 aliphatic carbocycles. The number of nitrogens with zero attached hydrogens (tertiary/aromatic N) is 2. The molecule has 3 aromatic rings. The summed E-state index contributed by atoms with van der Waals surface area (Å²) in [4.78, 5) is 29.1. The van der Waals surface area contributed by atoms with Crippen LogP contribution in [0.2, 0.25) is 0 Å². The summed E-state index contributed by atoms with van der Waals surface area (Å²) in [5, 5.41) is 9.14. The summed E-state index contributed by atoms with van der Waals surface area (Å²) in [6.07, 6.45) is 3.49. The van der Waals surface area contributed by atoms with E-state index in [0.29, 0.717) is 17.6 Å². The van der Waals surface area contributed by atoms with Gasteiger partial charge in [0.25, 0.3) is 5.56 Å². The summed E-state index contributed by atoms with van der Waals surface area (Å²) >= 11 is 4.95. The Morgan fingerprint density at radius 3 is 2.75 bits per heavy atom. The summed E-state index contributed by atoms with van der Waals surface area (Å²) in [5.41, 5.74) is 1.36. The molecule has 122 valence electrons. The van der Waals surface area contributed by atoms with Crippen molar-refractivity contribution in [3.63, 3.8) is 0 Å². The average molecular weight is 405 g/mol. The molecule has 7 heteroatoms. The first-order valence-corrected chi connectivity index (χ1v) is 8.82. The number of benzene rings is 1. The highest BCUT2D eigenvalue weighted by Crippen LogP contribution is 2.23. The van der Waals surface area contributed by atoms with Crippen molar-refractivity contribution < 1.29 is 9.90 Å². The van der Waals surface area contributed by atoms with Gasteiger partial charge in [-0.1, -0.05) is 0 Å². The van der Waals surface area contributed by atoms with Crippen LogP contribution in [-0.2, 0) is 6.54 Å². The standard InChI is InChI=1S/C17H13BrN2O3S/c1-2-20-14-7-3-10(17(22)23)9-13(14)19-12(16(20)21)6-4-11-5-8-15(18)24-11/h3-9H,2H2,1H3,(H,22,23)/b6-4+. The molecular weight excluding hydrogens is 392 g/mol. The molecule has 0 bridgehead atoms. The first-order valence-electron chi connectivity index (χ1n) is 7.21. The Bertz CT molecular complexity index is 1020. The predicted molar refractivity (Wildman–Crippen MR) is 99.6 cm³/mol. The third-order valence-corrected chi connectivity index (χ3v) is 5.12. The van der Waals surface area contributed by atoms with Crippen LogP contribution < -0.4 is 5.56 Å². The Hall–Kier alpha value is -2.25. The van der Waals surface area contributed by atoms with E-state index in [9.17, 15) is 9.59 Å². The molecule has 0 radical (unpaired) electrons. The van der Waals surface area contributed by atoms with E-state index in [1.165, 1.54) is 12.1 Å². The zero-order valence-electron chi connectivity index (χ0n) is 12.7. The van der Waals surface area contributed by atoms with Gasteiger partial charge in [0.1, 0.15) is 5.69 Å². The fraction of sp³-hybridized carbons (Fsp3) is 0.118. The largest absolute Gasteiger partial charge is 0.478 e. The normalized spacial score (nSPS) is 11.4. The lowest BCUT2D eigenvalue weighted by Crippen LogP contribution is -2.23. The van der Waals surface area contributed by atoms with Gasteiger partial charge in [0.2, 0.25) is 0 Å². The first-order chi connectivity index (χ1) is 11.5. The van der Waals surface area contributed by atoms with Crippen LogP contribution in [0, 0.1) is 0 Å². The number of thiophene rings is 1. The molecule has 2 heterocycles. The minimum absolute atomic E-state index is 0.147. The molecule has 1 N–H and O–H groups in total. The Morgan fingerprint density at radius 1 is 1.33 bits per heavy atom. The van der Waals surface area contributed by atoms with Gasteiger partial charge in [-0.15, -0.1) is 11.3 Å². The molecule has 1 aromatic carbocycles. The minimum Gasteiger partial charge on any atom is -0.478 e. The van der Waals surface area contributed by atoms with Gasteiger partial charge in [-0.2, -0.15) is 0 Å². The molecule has 0 atom stereocenters. The molecule has 3 rings (SSSR count). The molecule has 0 aliphatic rings. The summed E-state index contributed by atoms with van der Waals surface area (Å²) in [6, 6.07) is 8.47. The smallest absolute Gasteiger partial charge is 0.335 e. The lowest BCUT2D eigenvalue weighted by atomic mass is 10.2. The fourth-order valence-corrected chi connectivity index (χ4v) is 3.73. The number of halogens is 1. The van der Waals surface area contributed by atoms with E-state index in [0.717, 1.165) is 8.66 Å². The monoisotopic (exact) mass is 404 g/mol. The third-order valence-electron chi connectivity index (χ3n) is 3.53. The molecule has 0 fully saturated rings. The second-order valence-electron chi connectivity index (χ2n) is 5.03. The van der Waals surface area contributed by atoms with Gasteiger partial charge in [0.05, 0.1) is 20.4 Å². The highest BCUT2D eigenvalue weighted by Gasteiger charge is 2.11. The first kappa shape index (κ1) is 16.6. The van der Waals surface area contributed by atoms with Gasteiger partial charge < -0.3 is 9.67 Å². The van der Waals surface area contributed by atoms with Crippen molar-refractivity contribution in [3.05, 3.63) is 60.6 Å². The molecule has 0 amide bonds. The van der Waals surface area contributed by atoms with Crippen molar-refractivity contribution in [2.45, 2.75) is 13.5 Å². The van der Waals surface area contributed by atoms with E-state index < -0.39 is 5.97 Å². The van der Waals surface area contributed by atoms with Crippen LogP contribution in [0.25, 0.3) is 23.2 Å². The van der Waals surface area contributed by atoms with E-state index in [1.54, 1.807) is 28.0 Å². The zero-order chi connectivity index (χ0) is 17.3. The molecule has 0 unspecified atom stereocenters. The number of carboxylic acids is 1. The van der Waals surface area contributed by atoms with Crippen molar-refractivity contribution in [2.24, 2.45) is 0 Å². The maximum Gasteiger partial charge on any atom is 0.335 e. The number of fused-ring (bicyclic) bond motifs is 1. The average Bonchev–Trinajstić information content (AvgIpc) is 2.98. The topological polar surface area (TPSA) is 72.2 Å². The van der Waals surface area contributed by atoms with E-state index in [4.69, 9.17) is 5.11 Å². The van der Waals surface area contributed by atoms with Crippen molar-refractivity contribution in [1.82, 2.24) is 9.55 Å². The quantitative estimate of drug-likeness (QED) is 0.709. The van der Waals surface area contributed by atoms with Crippen LogP contribution in [0.3, 0.4) is 0 Å². The van der Waals surface area contributed by atoms with Gasteiger partial charge in [0.15, 0.2) is 0 Å². The van der Waals surface area contributed by atoms with Crippen LogP contribution in [0.4, 0.5) is 0 Å². The Balaban J connectivity index is 2.16. The van der Waals surface area contributed by atoms with Crippen LogP contribution in [0.5, 0.6) is 0 Å². The van der Waals surface area contributed by atoms with Crippen molar-refractivity contribution in [1.29, 1.82) is 0 Å². The summed E-state index contributed by atoms with van der Waals surface area (Å²) in [6.45, 7) is 2.35. The molecule has 0 saturated carbocycles. The summed E-state index contributed by atoms with van der Waals surface area (Å²) in [7, 11) is 0. The van der Waals surface area contributed by atoms with Crippen molar-refractivity contribution in [3.8, 4) is 0 Å². The SMILES string of the molecule is CCn1c(=O)c(/C=C/c2ccc(Br)s2)nc2cc(C(=O)O)ccc21. The number of hydrogen-bond donors (Lipinski definition) is 1. The highest BCUT2D eigenvalue weighted by molar-refractivity contribution is 9.11. The number of carbonyl (C=O) groups is 1. The van der Waals surface area contributed by atoms with E-state index >= 15 is 0 Å². The summed E-state index contributed by atoms with van der Waals surface area (Å²) in [5.74, 6) is -1.02. The van der Waals surface area contributed by atoms with Gasteiger partial charge in [-0.25, -0.2) is 9.78 Å². The maximum atomic E-state index is 12.6. The van der Waals surface area contributed by atoms with Gasteiger partial charge in [0, 0.05) is 11.4 Å². The summed E-state index contributed by atoms with van der Waals surface area (Å²) < 4.78 is 2.60. The lowest BCUT2D eigenvalue weighted by Gasteiger charge is -2.09. The molecule has 0 saturated heterocycles. The van der Waals surface area contributed by atoms with Gasteiger partial charge >= 0.3 is 5.97 Å². The third kappa shape index (κ3) is 3.18.